The van der Waals surface area contributed by atoms with Crippen molar-refractivity contribution >= 4 is 50.6 Å². The molecule has 4 aromatic rings. The molecule has 5 rings (SSSR count). The van der Waals surface area contributed by atoms with Crippen LogP contribution in [0.5, 0.6) is 0 Å². The van der Waals surface area contributed by atoms with Gasteiger partial charge >= 0.3 is 0 Å². The van der Waals surface area contributed by atoms with Crippen molar-refractivity contribution in [1.82, 2.24) is 9.27 Å². The number of rotatable bonds is 7. The molecule has 1 saturated heterocycles. The van der Waals surface area contributed by atoms with Crippen LogP contribution < -0.4 is 10.2 Å². The van der Waals surface area contributed by atoms with Crippen molar-refractivity contribution < 1.29 is 4.79 Å². The predicted molar refractivity (Wildman–Crippen MR) is 142 cm³/mol. The fraction of sp³-hybridized carbons (Fsp3) is 0.259. The van der Waals surface area contributed by atoms with Crippen LogP contribution in [0.4, 0.5) is 11.5 Å². The van der Waals surface area contributed by atoms with Crippen LogP contribution in [0.1, 0.15) is 11.1 Å². The molecule has 1 aliphatic heterocycles. The highest BCUT2D eigenvalue weighted by Gasteiger charge is 2.20. The van der Waals surface area contributed by atoms with Crippen LogP contribution >= 0.6 is 23.1 Å². The van der Waals surface area contributed by atoms with Gasteiger partial charge in [0.05, 0.1) is 11.1 Å². The van der Waals surface area contributed by atoms with Crippen LogP contribution in [0, 0.1) is 0 Å². The van der Waals surface area contributed by atoms with E-state index in [1.165, 1.54) is 15.6 Å². The smallest absolute Gasteiger partial charge is 0.228 e. The van der Waals surface area contributed by atoms with Gasteiger partial charge in [-0.2, -0.15) is 4.37 Å². The zero-order valence-electron chi connectivity index (χ0n) is 18.9. The number of hydrogen-bond acceptors (Lipinski definition) is 5. The van der Waals surface area contributed by atoms with Crippen molar-refractivity contribution in [2.45, 2.75) is 12.8 Å². The summed E-state index contributed by atoms with van der Waals surface area (Å²) in [5.41, 5.74) is 3.01. The number of anilines is 2. The molecule has 34 heavy (non-hydrogen) atoms. The molecule has 0 unspecified atom stereocenters. The Hall–Kier alpha value is -2.93. The monoisotopic (exact) mass is 490 g/mol. The number of aromatic nitrogens is 1. The molecular formula is C27H27ClN4OS. The number of nitrogens with zero attached hydrogens (tertiary/aromatic N) is 3. The number of nitrogens with one attached hydrogen (secondary N) is 1. The van der Waals surface area contributed by atoms with Crippen molar-refractivity contribution in [2.24, 2.45) is 0 Å². The first-order valence-corrected chi connectivity index (χ1v) is 12.7. The summed E-state index contributed by atoms with van der Waals surface area (Å²) in [6.07, 6.45) is 1.23. The Bertz CT molecular complexity index is 1270. The minimum absolute atomic E-state index is 0.0149. The summed E-state index contributed by atoms with van der Waals surface area (Å²) in [5.74, 6) is 1.10. The summed E-state index contributed by atoms with van der Waals surface area (Å²) < 4.78 is 5.96. The number of carbonyl (C=O) groups is 1. The van der Waals surface area contributed by atoms with Gasteiger partial charge in [0.1, 0.15) is 5.82 Å². The number of fused-ring (bicyclic) bond motifs is 1. The van der Waals surface area contributed by atoms with Gasteiger partial charge in [0.2, 0.25) is 5.91 Å². The lowest BCUT2D eigenvalue weighted by Crippen LogP contribution is -2.47. The van der Waals surface area contributed by atoms with E-state index in [1.54, 1.807) is 11.5 Å². The molecule has 3 aromatic carbocycles. The summed E-state index contributed by atoms with van der Waals surface area (Å²) in [6.45, 7) is 4.95. The number of halogens is 1. The maximum absolute atomic E-state index is 12.6. The van der Waals surface area contributed by atoms with E-state index < -0.39 is 0 Å². The summed E-state index contributed by atoms with van der Waals surface area (Å²) in [4.78, 5) is 17.5. The standard InChI is InChI=1S/C27H27ClN4OS/c28-22-11-9-20(10-12-22)19-26(33)29-24-7-3-1-5-21(24)13-14-31-15-17-32(18-16-31)27-23-6-2-4-8-25(23)34-30-27/h1-12H,13-19H2,(H,29,33). The maximum atomic E-state index is 12.6. The SMILES string of the molecule is O=C(Cc1ccc(Cl)cc1)Nc1ccccc1CCN1CCN(c2nsc3ccccc23)CC1. The second kappa shape index (κ2) is 10.6. The second-order valence-corrected chi connectivity index (χ2v) is 9.83. The van der Waals surface area contributed by atoms with E-state index in [1.807, 2.05) is 42.5 Å². The molecule has 2 heterocycles. The van der Waals surface area contributed by atoms with Crippen molar-refractivity contribution in [3.63, 3.8) is 0 Å². The van der Waals surface area contributed by atoms with Gasteiger partial charge < -0.3 is 10.2 Å². The zero-order valence-corrected chi connectivity index (χ0v) is 20.5. The Labute approximate surface area is 209 Å². The van der Waals surface area contributed by atoms with Crippen LogP contribution in [0.2, 0.25) is 5.02 Å². The minimum atomic E-state index is -0.0149. The van der Waals surface area contributed by atoms with Gasteiger partial charge in [0.15, 0.2) is 0 Å². The molecule has 0 atom stereocenters. The molecule has 0 radical (unpaired) electrons. The van der Waals surface area contributed by atoms with E-state index in [0.29, 0.717) is 11.4 Å². The molecule has 7 heteroatoms. The van der Waals surface area contributed by atoms with Crippen molar-refractivity contribution in [3.05, 3.63) is 88.9 Å². The lowest BCUT2D eigenvalue weighted by Gasteiger charge is -2.35. The largest absolute Gasteiger partial charge is 0.353 e. The molecule has 5 nitrogen and oxygen atoms in total. The van der Waals surface area contributed by atoms with Gasteiger partial charge in [-0.25, -0.2) is 0 Å². The Morgan fingerprint density at radius 1 is 0.941 bits per heavy atom. The minimum Gasteiger partial charge on any atom is -0.353 e. The Morgan fingerprint density at radius 2 is 1.68 bits per heavy atom. The summed E-state index contributed by atoms with van der Waals surface area (Å²) in [7, 11) is 0. The van der Waals surface area contributed by atoms with E-state index in [9.17, 15) is 4.79 Å². The number of hydrogen-bond donors (Lipinski definition) is 1. The van der Waals surface area contributed by atoms with Crippen LogP contribution in [-0.2, 0) is 17.6 Å². The molecule has 0 spiro atoms. The third-order valence-corrected chi connectivity index (χ3v) is 7.37. The average Bonchev–Trinajstić information content (AvgIpc) is 3.29. The number of piperazine rings is 1. The Kier molecular flexibility index (Phi) is 7.09. The predicted octanol–water partition coefficient (Wildman–Crippen LogP) is 5.50. The summed E-state index contributed by atoms with van der Waals surface area (Å²) in [5, 5.41) is 5.03. The quantitative estimate of drug-likeness (QED) is 0.372. The molecule has 1 N–H and O–H groups in total. The third-order valence-electron chi connectivity index (χ3n) is 6.30. The third kappa shape index (κ3) is 5.41. The van der Waals surface area contributed by atoms with Gasteiger partial charge in [0.25, 0.3) is 0 Å². The molecule has 1 amide bonds. The highest BCUT2D eigenvalue weighted by Crippen LogP contribution is 2.30. The molecule has 0 bridgehead atoms. The van der Waals surface area contributed by atoms with E-state index in [4.69, 9.17) is 16.0 Å². The van der Waals surface area contributed by atoms with Crippen molar-refractivity contribution in [1.29, 1.82) is 0 Å². The van der Waals surface area contributed by atoms with Gasteiger partial charge in [-0.3, -0.25) is 9.69 Å². The lowest BCUT2D eigenvalue weighted by molar-refractivity contribution is -0.115. The van der Waals surface area contributed by atoms with Crippen LogP contribution in [-0.4, -0.2) is 47.9 Å². The van der Waals surface area contributed by atoms with Crippen molar-refractivity contribution in [3.8, 4) is 0 Å². The van der Waals surface area contributed by atoms with Gasteiger partial charge in [-0.05, 0) is 59.4 Å². The summed E-state index contributed by atoms with van der Waals surface area (Å²) in [6, 6.07) is 24.0. The number of benzene rings is 3. The van der Waals surface area contributed by atoms with E-state index in [0.717, 1.165) is 56.2 Å². The fourth-order valence-corrected chi connectivity index (χ4v) is 5.33. The summed E-state index contributed by atoms with van der Waals surface area (Å²) >= 11 is 7.52. The van der Waals surface area contributed by atoms with E-state index in [-0.39, 0.29) is 5.91 Å². The molecule has 1 aliphatic rings. The molecule has 174 valence electrons. The van der Waals surface area contributed by atoms with Crippen LogP contribution in [0.25, 0.3) is 10.1 Å². The normalized spacial score (nSPS) is 14.4. The van der Waals surface area contributed by atoms with Gasteiger partial charge in [0, 0.05) is 48.8 Å². The topological polar surface area (TPSA) is 48.5 Å². The molecule has 1 aromatic heterocycles. The Balaban J connectivity index is 1.15. The van der Waals surface area contributed by atoms with Crippen LogP contribution in [0.15, 0.2) is 72.8 Å². The van der Waals surface area contributed by atoms with Gasteiger partial charge in [-0.1, -0.05) is 54.1 Å². The molecule has 0 aliphatic carbocycles. The first kappa shape index (κ1) is 22.8. The fourth-order valence-electron chi connectivity index (χ4n) is 4.40. The number of amides is 1. The van der Waals surface area contributed by atoms with Gasteiger partial charge in [-0.15, -0.1) is 0 Å². The van der Waals surface area contributed by atoms with Crippen molar-refractivity contribution in [2.75, 3.05) is 42.9 Å². The Morgan fingerprint density at radius 3 is 2.50 bits per heavy atom. The highest BCUT2D eigenvalue weighted by atomic mass is 35.5. The second-order valence-electron chi connectivity index (χ2n) is 8.59. The molecule has 1 fully saturated rings. The first-order valence-electron chi connectivity index (χ1n) is 11.6. The number of carbonyl (C=O) groups excluding carboxylic acids is 1. The molecule has 0 saturated carbocycles. The average molecular weight is 491 g/mol. The zero-order chi connectivity index (χ0) is 23.3. The highest BCUT2D eigenvalue weighted by molar-refractivity contribution is 7.13. The maximum Gasteiger partial charge on any atom is 0.228 e. The first-order chi connectivity index (χ1) is 16.7. The number of para-hydroxylation sites is 1. The van der Waals surface area contributed by atoms with E-state index in [2.05, 4.69) is 45.4 Å². The van der Waals surface area contributed by atoms with Crippen LogP contribution in [0.3, 0.4) is 0 Å². The lowest BCUT2D eigenvalue weighted by atomic mass is 10.1. The molecular weight excluding hydrogens is 464 g/mol. The van der Waals surface area contributed by atoms with E-state index >= 15 is 0 Å².